The molecule has 3 aromatic rings. The first-order valence-electron chi connectivity index (χ1n) is 7.22. The molecule has 1 atom stereocenters. The summed E-state index contributed by atoms with van der Waals surface area (Å²) in [5.41, 5.74) is 0.916. The maximum Gasteiger partial charge on any atom is 0.239 e. The minimum absolute atomic E-state index is 0.220. The zero-order valence-electron chi connectivity index (χ0n) is 13.5. The van der Waals surface area contributed by atoms with Crippen molar-refractivity contribution in [2.24, 2.45) is 0 Å². The number of thiazole rings is 1. The lowest BCUT2D eigenvalue weighted by Crippen LogP contribution is -2.22. The van der Waals surface area contributed by atoms with Gasteiger partial charge in [0, 0.05) is 10.9 Å². The van der Waals surface area contributed by atoms with Gasteiger partial charge in [0.25, 0.3) is 0 Å². The molecule has 3 rings (SSSR count). The number of anilines is 1. The third-order valence-corrected chi connectivity index (χ3v) is 7.00. The molecule has 1 unspecified atom stereocenters. The smallest absolute Gasteiger partial charge is 0.239 e. The highest BCUT2D eigenvalue weighted by molar-refractivity contribution is 8.03. The summed E-state index contributed by atoms with van der Waals surface area (Å²) in [5.74, 6) is -2.07. The zero-order valence-corrected chi connectivity index (χ0v) is 16.8. The number of nitrogens with one attached hydrogen (secondary N) is 1. The van der Waals surface area contributed by atoms with E-state index in [1.165, 1.54) is 52.3 Å². The van der Waals surface area contributed by atoms with Gasteiger partial charge in [-0.25, -0.2) is 13.8 Å². The van der Waals surface area contributed by atoms with E-state index in [1.54, 1.807) is 12.3 Å². The predicted molar refractivity (Wildman–Crippen MR) is 103 cm³/mol. The van der Waals surface area contributed by atoms with Crippen LogP contribution in [0, 0.1) is 11.6 Å². The van der Waals surface area contributed by atoms with Crippen LogP contribution in [0.15, 0.2) is 32.3 Å². The van der Waals surface area contributed by atoms with Crippen molar-refractivity contribution in [2.75, 3.05) is 11.6 Å². The molecule has 0 fully saturated rings. The number of aromatic nitrogens is 3. The van der Waals surface area contributed by atoms with Crippen molar-refractivity contribution in [3.05, 3.63) is 35.2 Å². The Labute approximate surface area is 164 Å². The van der Waals surface area contributed by atoms with Crippen molar-refractivity contribution in [3.8, 4) is 11.3 Å². The average molecular weight is 431 g/mol. The van der Waals surface area contributed by atoms with Crippen molar-refractivity contribution in [3.63, 3.8) is 0 Å². The first-order valence-corrected chi connectivity index (χ1v) is 11.0. The lowest BCUT2D eigenvalue weighted by atomic mass is 10.2. The van der Waals surface area contributed by atoms with Gasteiger partial charge in [0.15, 0.2) is 25.4 Å². The number of halogens is 2. The predicted octanol–water partition coefficient (Wildman–Crippen LogP) is 4.78. The molecule has 0 saturated heterocycles. The van der Waals surface area contributed by atoms with Crippen LogP contribution in [0.5, 0.6) is 0 Å². The third-order valence-electron chi connectivity index (χ3n) is 3.16. The van der Waals surface area contributed by atoms with E-state index in [2.05, 4.69) is 20.5 Å². The van der Waals surface area contributed by atoms with Crippen LogP contribution in [0.4, 0.5) is 13.9 Å². The maximum atomic E-state index is 13.3. The number of thioether (sulfide) groups is 2. The Morgan fingerprint density at radius 3 is 2.69 bits per heavy atom. The highest BCUT2D eigenvalue weighted by Crippen LogP contribution is 2.31. The van der Waals surface area contributed by atoms with Crippen LogP contribution in [0.2, 0.25) is 0 Å². The average Bonchev–Trinajstić information content (AvgIpc) is 3.26. The first kappa shape index (κ1) is 19.2. The minimum atomic E-state index is -0.937. The number of nitrogens with zero attached hydrogens (tertiary/aromatic N) is 3. The fraction of sp³-hybridized carbons (Fsp3) is 0.200. The molecule has 0 radical (unpaired) electrons. The Kier molecular flexibility index (Phi) is 6.22. The summed E-state index contributed by atoms with van der Waals surface area (Å²) in [6, 6.07) is 3.56. The molecule has 136 valence electrons. The summed E-state index contributed by atoms with van der Waals surface area (Å²) in [7, 11) is 0. The van der Waals surface area contributed by atoms with Gasteiger partial charge >= 0.3 is 0 Å². The lowest BCUT2D eigenvalue weighted by Gasteiger charge is -2.07. The van der Waals surface area contributed by atoms with E-state index in [-0.39, 0.29) is 11.2 Å². The van der Waals surface area contributed by atoms with Gasteiger partial charge in [-0.1, -0.05) is 34.9 Å². The number of hydrogen-bond donors (Lipinski definition) is 1. The van der Waals surface area contributed by atoms with E-state index in [9.17, 15) is 13.6 Å². The Morgan fingerprint density at radius 1 is 1.23 bits per heavy atom. The molecule has 0 saturated carbocycles. The Hall–Kier alpha value is -1.56. The SMILES string of the molecule is CSc1nnc(SC(C)C(=O)Nc2nc(-c3ccc(F)c(F)c3)cs2)s1. The van der Waals surface area contributed by atoms with Crippen LogP contribution < -0.4 is 5.32 Å². The van der Waals surface area contributed by atoms with Gasteiger partial charge in [-0.2, -0.15) is 0 Å². The Balaban J connectivity index is 1.64. The standard InChI is InChI=1S/C15H12F2N4OS4/c1-7(25-15-21-20-14(23-2)26-15)12(22)19-13-18-11(6-24-13)8-3-4-9(16)10(17)5-8/h3-7H,1-2H3,(H,18,19,22). The molecule has 0 spiro atoms. The first-order chi connectivity index (χ1) is 12.5. The van der Waals surface area contributed by atoms with E-state index in [1.807, 2.05) is 6.26 Å². The molecule has 1 aromatic carbocycles. The molecule has 2 aromatic heterocycles. The monoisotopic (exact) mass is 430 g/mol. The van der Waals surface area contributed by atoms with Gasteiger partial charge in [0.1, 0.15) is 0 Å². The van der Waals surface area contributed by atoms with Crippen molar-refractivity contribution in [1.82, 2.24) is 15.2 Å². The van der Waals surface area contributed by atoms with Gasteiger partial charge in [-0.05, 0) is 31.4 Å². The van der Waals surface area contributed by atoms with E-state index in [0.29, 0.717) is 16.4 Å². The van der Waals surface area contributed by atoms with E-state index < -0.39 is 11.6 Å². The molecule has 1 N–H and O–H groups in total. The molecule has 2 heterocycles. The van der Waals surface area contributed by atoms with Gasteiger partial charge in [-0.15, -0.1) is 21.5 Å². The van der Waals surface area contributed by atoms with Crippen LogP contribution in [0.1, 0.15) is 6.92 Å². The molecule has 0 aliphatic rings. The molecule has 0 aliphatic carbocycles. The van der Waals surface area contributed by atoms with Crippen molar-refractivity contribution in [2.45, 2.75) is 20.9 Å². The summed E-state index contributed by atoms with van der Waals surface area (Å²) < 4.78 is 27.9. The van der Waals surface area contributed by atoms with Gasteiger partial charge in [0.05, 0.1) is 10.9 Å². The summed E-state index contributed by atoms with van der Waals surface area (Å²) in [4.78, 5) is 16.6. The van der Waals surface area contributed by atoms with Crippen LogP contribution in [0.25, 0.3) is 11.3 Å². The van der Waals surface area contributed by atoms with Crippen LogP contribution >= 0.6 is 46.2 Å². The number of carbonyl (C=O) groups is 1. The fourth-order valence-electron chi connectivity index (χ4n) is 1.86. The molecule has 5 nitrogen and oxygen atoms in total. The molecule has 26 heavy (non-hydrogen) atoms. The Morgan fingerprint density at radius 2 is 2.00 bits per heavy atom. The number of carbonyl (C=O) groups excluding carboxylic acids is 1. The second kappa shape index (κ2) is 8.42. The number of hydrogen-bond acceptors (Lipinski definition) is 8. The summed E-state index contributed by atoms with van der Waals surface area (Å²) >= 11 is 5.47. The van der Waals surface area contributed by atoms with E-state index >= 15 is 0 Å². The second-order valence-corrected chi connectivity index (χ2v) is 9.43. The molecular weight excluding hydrogens is 418 g/mol. The third kappa shape index (κ3) is 4.58. The van der Waals surface area contributed by atoms with E-state index in [4.69, 9.17) is 0 Å². The summed E-state index contributed by atoms with van der Waals surface area (Å²) in [6.07, 6.45) is 1.91. The summed E-state index contributed by atoms with van der Waals surface area (Å²) in [5, 5.41) is 12.4. The van der Waals surface area contributed by atoms with Crippen molar-refractivity contribution in [1.29, 1.82) is 0 Å². The van der Waals surface area contributed by atoms with E-state index in [0.717, 1.165) is 20.8 Å². The fourth-order valence-corrected chi connectivity index (χ4v) is 5.16. The van der Waals surface area contributed by atoms with Crippen LogP contribution in [-0.2, 0) is 4.79 Å². The van der Waals surface area contributed by atoms with Crippen molar-refractivity contribution >= 4 is 57.2 Å². The molecular formula is C15H12F2N4OS4. The minimum Gasteiger partial charge on any atom is -0.301 e. The zero-order chi connectivity index (χ0) is 18.7. The van der Waals surface area contributed by atoms with Crippen LogP contribution in [-0.4, -0.2) is 32.6 Å². The molecule has 1 amide bonds. The number of benzene rings is 1. The largest absolute Gasteiger partial charge is 0.301 e. The lowest BCUT2D eigenvalue weighted by molar-refractivity contribution is -0.115. The van der Waals surface area contributed by atoms with Crippen LogP contribution in [0.3, 0.4) is 0 Å². The number of rotatable bonds is 6. The second-order valence-electron chi connectivity index (χ2n) is 4.95. The van der Waals surface area contributed by atoms with Gasteiger partial charge < -0.3 is 5.32 Å². The molecule has 0 aliphatic heterocycles. The number of amides is 1. The highest BCUT2D eigenvalue weighted by atomic mass is 32.2. The quantitative estimate of drug-likeness (QED) is 0.568. The summed E-state index contributed by atoms with van der Waals surface area (Å²) in [6.45, 7) is 1.77. The topological polar surface area (TPSA) is 67.8 Å². The molecule has 0 bridgehead atoms. The normalized spacial score (nSPS) is 12.2. The highest BCUT2D eigenvalue weighted by Gasteiger charge is 2.19. The van der Waals surface area contributed by atoms with Gasteiger partial charge in [0.2, 0.25) is 5.91 Å². The van der Waals surface area contributed by atoms with Crippen molar-refractivity contribution < 1.29 is 13.6 Å². The maximum absolute atomic E-state index is 13.3. The van der Waals surface area contributed by atoms with Gasteiger partial charge in [-0.3, -0.25) is 4.79 Å². The Bertz CT molecular complexity index is 930. The molecule has 11 heteroatoms.